The highest BCUT2D eigenvalue weighted by Crippen LogP contribution is 2.30. The summed E-state index contributed by atoms with van der Waals surface area (Å²) in [4.78, 5) is 39.6. The van der Waals surface area contributed by atoms with Crippen LogP contribution in [0.15, 0.2) is 40.2 Å². The Morgan fingerprint density at radius 1 is 1.15 bits per heavy atom. The maximum absolute atomic E-state index is 13.3. The van der Waals surface area contributed by atoms with Crippen LogP contribution in [-0.2, 0) is 19.7 Å². The van der Waals surface area contributed by atoms with Crippen molar-refractivity contribution >= 4 is 49.3 Å². The Balaban J connectivity index is 1.70. The summed E-state index contributed by atoms with van der Waals surface area (Å²) in [5.74, 6) is -0.530. The van der Waals surface area contributed by atoms with E-state index in [4.69, 9.17) is 15.3 Å². The van der Waals surface area contributed by atoms with Crippen molar-refractivity contribution in [1.29, 1.82) is 0 Å². The highest BCUT2D eigenvalue weighted by molar-refractivity contribution is 7.90. The summed E-state index contributed by atoms with van der Waals surface area (Å²) in [5.41, 5.74) is 10.2. The van der Waals surface area contributed by atoms with Crippen molar-refractivity contribution in [3.8, 4) is 5.75 Å². The molecule has 1 heterocycles. The molecule has 13 heteroatoms. The number of benzene rings is 2. The number of hydrogen-bond acceptors (Lipinski definition) is 10. The number of guanidine groups is 1. The molecule has 0 bridgehead atoms. The summed E-state index contributed by atoms with van der Waals surface area (Å²) in [5, 5.41) is 0.284. The number of nitrogens with two attached hydrogens (primary N) is 1. The average molecular weight is 604 g/mol. The molecule has 0 saturated carbocycles. The number of ether oxygens (including phenoxy) is 1. The number of rotatable bonds is 11. The second kappa shape index (κ2) is 13.0. The third kappa shape index (κ3) is 7.80. The van der Waals surface area contributed by atoms with Crippen LogP contribution in [0.5, 0.6) is 5.75 Å². The zero-order valence-corrected chi connectivity index (χ0v) is 26.0. The van der Waals surface area contributed by atoms with Crippen molar-refractivity contribution in [2.75, 3.05) is 13.7 Å². The van der Waals surface area contributed by atoms with E-state index in [0.717, 1.165) is 4.70 Å². The molecule has 0 aliphatic carbocycles. The van der Waals surface area contributed by atoms with Gasteiger partial charge < -0.3 is 15.3 Å². The van der Waals surface area contributed by atoms with Gasteiger partial charge in [-0.2, -0.15) is 0 Å². The number of ketones is 1. The first-order valence-corrected chi connectivity index (χ1v) is 15.3. The van der Waals surface area contributed by atoms with Gasteiger partial charge in [0.25, 0.3) is 10.0 Å². The number of sulfonamides is 1. The maximum atomic E-state index is 13.3. The fourth-order valence-electron chi connectivity index (χ4n) is 4.01. The van der Waals surface area contributed by atoms with E-state index in [1.807, 2.05) is 24.3 Å². The second-order valence-electron chi connectivity index (χ2n) is 10.7. The molecule has 41 heavy (non-hydrogen) atoms. The molecule has 1 atom stereocenters. The molecule has 0 aliphatic rings. The van der Waals surface area contributed by atoms with E-state index in [1.54, 1.807) is 47.6 Å². The van der Waals surface area contributed by atoms with Gasteiger partial charge in [0, 0.05) is 6.54 Å². The predicted molar refractivity (Wildman–Crippen MR) is 160 cm³/mol. The summed E-state index contributed by atoms with van der Waals surface area (Å²) in [6.45, 7) is 10.4. The molecule has 0 fully saturated rings. The SMILES string of the molecule is COc1cc(C)c(S(=O)(=O)NC(N)=NCCCC(NOC(=O)C(C)(C)C)C(=O)c2nc3ccccc3s2)c(C)c1C. The van der Waals surface area contributed by atoms with E-state index >= 15 is 0 Å². The van der Waals surface area contributed by atoms with E-state index in [-0.39, 0.29) is 34.6 Å². The lowest BCUT2D eigenvalue weighted by atomic mass is 9.98. The molecule has 2 aromatic carbocycles. The quantitative estimate of drug-likeness (QED) is 0.0968. The molecular weight excluding hydrogens is 566 g/mol. The molecule has 0 saturated heterocycles. The number of aromatic nitrogens is 1. The van der Waals surface area contributed by atoms with Crippen LogP contribution in [0.25, 0.3) is 10.2 Å². The van der Waals surface area contributed by atoms with Crippen LogP contribution in [0.3, 0.4) is 0 Å². The van der Waals surface area contributed by atoms with Crippen LogP contribution in [0.4, 0.5) is 0 Å². The monoisotopic (exact) mass is 603 g/mol. The lowest BCUT2D eigenvalue weighted by Crippen LogP contribution is -2.41. The van der Waals surface area contributed by atoms with Crippen LogP contribution in [0.2, 0.25) is 0 Å². The number of carbonyl (C=O) groups is 2. The Labute approximate surface area is 244 Å². The van der Waals surface area contributed by atoms with Gasteiger partial charge >= 0.3 is 5.97 Å². The minimum absolute atomic E-state index is 0.111. The Morgan fingerprint density at radius 3 is 2.46 bits per heavy atom. The number of para-hydroxylation sites is 1. The molecule has 0 spiro atoms. The predicted octanol–water partition coefficient (Wildman–Crippen LogP) is 3.95. The Bertz CT molecular complexity index is 1540. The number of aryl methyl sites for hydroxylation is 1. The van der Waals surface area contributed by atoms with Crippen molar-refractivity contribution < 1.29 is 27.6 Å². The van der Waals surface area contributed by atoms with E-state index in [2.05, 4.69) is 20.2 Å². The Kier molecular flexibility index (Phi) is 10.1. The van der Waals surface area contributed by atoms with Crippen LogP contribution < -0.4 is 20.7 Å². The number of aliphatic imine (C=N–C) groups is 1. The van der Waals surface area contributed by atoms with Gasteiger partial charge in [-0.05, 0) is 89.3 Å². The first-order chi connectivity index (χ1) is 19.2. The number of carbonyl (C=O) groups excluding carboxylic acids is 2. The number of fused-ring (bicyclic) bond motifs is 1. The second-order valence-corrected chi connectivity index (χ2v) is 13.3. The highest BCUT2D eigenvalue weighted by Gasteiger charge is 2.28. The fourth-order valence-corrected chi connectivity index (χ4v) is 6.45. The molecule has 1 aromatic heterocycles. The number of nitrogens with zero attached hydrogens (tertiary/aromatic N) is 2. The summed E-state index contributed by atoms with van der Waals surface area (Å²) < 4.78 is 34.7. The van der Waals surface area contributed by atoms with Crippen LogP contribution in [0.1, 0.15) is 60.1 Å². The van der Waals surface area contributed by atoms with E-state index in [1.165, 1.54) is 18.4 Å². The normalized spacial score (nSPS) is 13.2. The molecule has 1 unspecified atom stereocenters. The van der Waals surface area contributed by atoms with Crippen molar-refractivity contribution in [2.45, 2.75) is 65.3 Å². The Morgan fingerprint density at radius 2 is 1.83 bits per heavy atom. The number of thiazole rings is 1. The lowest BCUT2D eigenvalue weighted by Gasteiger charge is -2.20. The summed E-state index contributed by atoms with van der Waals surface area (Å²) >= 11 is 1.25. The number of methoxy groups -OCH3 is 1. The van der Waals surface area contributed by atoms with Gasteiger partial charge in [0.2, 0.25) is 11.7 Å². The number of hydroxylamine groups is 1. The maximum Gasteiger partial charge on any atom is 0.330 e. The summed E-state index contributed by atoms with van der Waals surface area (Å²) in [6, 6.07) is 8.17. The standard InChI is InChI=1S/C28H37N5O6S2/c1-16-15-21(38-7)17(2)18(3)24(16)41(36,37)33-27(29)30-14-10-12-20(32-39-26(35)28(4,5)6)23(34)25-31-19-11-8-9-13-22(19)40-25/h8-9,11,13,15,20,32H,10,12,14H2,1-7H3,(H3,29,30,33). The van der Waals surface area contributed by atoms with Crippen LogP contribution in [-0.4, -0.2) is 50.8 Å². The summed E-state index contributed by atoms with van der Waals surface area (Å²) in [7, 11) is -2.48. The fraction of sp³-hybridized carbons (Fsp3) is 0.429. The first kappa shape index (κ1) is 32.0. The van der Waals surface area contributed by atoms with Crippen molar-refractivity contribution in [3.05, 3.63) is 52.0 Å². The smallest absolute Gasteiger partial charge is 0.330 e. The van der Waals surface area contributed by atoms with Gasteiger partial charge in [-0.25, -0.2) is 22.9 Å². The van der Waals surface area contributed by atoms with Crippen molar-refractivity contribution in [2.24, 2.45) is 16.1 Å². The average Bonchev–Trinajstić information content (AvgIpc) is 3.33. The van der Waals surface area contributed by atoms with Crippen LogP contribution >= 0.6 is 11.3 Å². The van der Waals surface area contributed by atoms with E-state index in [0.29, 0.717) is 34.4 Å². The summed E-state index contributed by atoms with van der Waals surface area (Å²) in [6.07, 6.45) is 0.565. The number of Topliss-reactive ketones (excluding diaryl/α,β-unsaturated/α-hetero) is 1. The van der Waals surface area contributed by atoms with Gasteiger partial charge in [-0.1, -0.05) is 12.1 Å². The minimum Gasteiger partial charge on any atom is -0.496 e. The molecule has 0 aliphatic heterocycles. The largest absolute Gasteiger partial charge is 0.496 e. The topological polar surface area (TPSA) is 162 Å². The van der Waals surface area contributed by atoms with E-state index in [9.17, 15) is 18.0 Å². The zero-order valence-electron chi connectivity index (χ0n) is 24.3. The van der Waals surface area contributed by atoms with Crippen molar-refractivity contribution in [1.82, 2.24) is 15.2 Å². The zero-order chi connectivity index (χ0) is 30.5. The van der Waals surface area contributed by atoms with Gasteiger partial charge in [0.1, 0.15) is 11.8 Å². The highest BCUT2D eigenvalue weighted by atomic mass is 32.2. The van der Waals surface area contributed by atoms with Gasteiger partial charge in [0.15, 0.2) is 5.01 Å². The lowest BCUT2D eigenvalue weighted by molar-refractivity contribution is -0.162. The van der Waals surface area contributed by atoms with Gasteiger partial charge in [-0.15, -0.1) is 16.8 Å². The number of nitrogens with one attached hydrogen (secondary N) is 2. The molecular formula is C28H37N5O6S2. The first-order valence-electron chi connectivity index (χ1n) is 13.0. The van der Waals surface area contributed by atoms with E-state index < -0.39 is 27.4 Å². The molecule has 0 amide bonds. The molecule has 3 rings (SSSR count). The minimum atomic E-state index is -4.01. The third-order valence-corrected chi connectivity index (χ3v) is 9.06. The third-order valence-electron chi connectivity index (χ3n) is 6.37. The molecule has 0 radical (unpaired) electrons. The van der Waals surface area contributed by atoms with Crippen molar-refractivity contribution in [3.63, 3.8) is 0 Å². The van der Waals surface area contributed by atoms with Gasteiger partial charge in [0.05, 0.1) is 27.6 Å². The molecule has 4 N–H and O–H groups in total. The molecule has 222 valence electrons. The van der Waals surface area contributed by atoms with Crippen LogP contribution in [0, 0.1) is 26.2 Å². The Hall–Kier alpha value is -3.55. The molecule has 3 aromatic rings. The molecule has 11 nitrogen and oxygen atoms in total. The van der Waals surface area contributed by atoms with Gasteiger partial charge in [-0.3, -0.25) is 9.79 Å². The number of hydrogen-bond donors (Lipinski definition) is 3.